The monoisotopic (exact) mass is 416 g/mol. The standard InChI is InChI=1S/C25H24N2O4/c1-17(25(30)27-23-14-12-22(13-15-23)26-18(2)28)31-24(29)16-19-8-10-21(11-9-19)20-6-4-3-5-7-20/h3-15,17H,16H2,1-2H3,(H,26,28)(H,27,30)/t17-/m1/s1. The number of nitrogens with one attached hydrogen (secondary N) is 2. The van der Waals surface area contributed by atoms with E-state index in [4.69, 9.17) is 4.74 Å². The number of esters is 1. The van der Waals surface area contributed by atoms with Crippen molar-refractivity contribution < 1.29 is 19.1 Å². The molecule has 0 bridgehead atoms. The fourth-order valence-electron chi connectivity index (χ4n) is 2.99. The Hall–Kier alpha value is -3.93. The minimum atomic E-state index is -0.939. The third-order valence-corrected chi connectivity index (χ3v) is 4.56. The molecule has 0 aliphatic carbocycles. The van der Waals surface area contributed by atoms with Crippen molar-refractivity contribution in [1.82, 2.24) is 0 Å². The summed E-state index contributed by atoms with van der Waals surface area (Å²) >= 11 is 0. The molecular formula is C25H24N2O4. The number of hydrogen-bond acceptors (Lipinski definition) is 4. The summed E-state index contributed by atoms with van der Waals surface area (Å²) < 4.78 is 5.27. The van der Waals surface area contributed by atoms with Gasteiger partial charge in [-0.05, 0) is 47.9 Å². The van der Waals surface area contributed by atoms with Gasteiger partial charge in [0.2, 0.25) is 5.91 Å². The Balaban J connectivity index is 1.50. The first-order chi connectivity index (χ1) is 14.9. The van der Waals surface area contributed by atoms with Crippen LogP contribution in [0.4, 0.5) is 11.4 Å². The molecule has 3 aromatic carbocycles. The molecule has 0 radical (unpaired) electrons. The van der Waals surface area contributed by atoms with Crippen molar-refractivity contribution in [3.8, 4) is 11.1 Å². The molecule has 0 heterocycles. The van der Waals surface area contributed by atoms with Crippen LogP contribution in [0.5, 0.6) is 0 Å². The molecule has 6 heteroatoms. The maximum Gasteiger partial charge on any atom is 0.311 e. The Labute approximate surface area is 181 Å². The molecular weight excluding hydrogens is 392 g/mol. The summed E-state index contributed by atoms with van der Waals surface area (Å²) in [4.78, 5) is 35.6. The van der Waals surface area contributed by atoms with Crippen molar-refractivity contribution in [2.45, 2.75) is 26.4 Å². The number of carbonyl (C=O) groups is 3. The van der Waals surface area contributed by atoms with Gasteiger partial charge in [0.15, 0.2) is 6.10 Å². The van der Waals surface area contributed by atoms with Crippen LogP contribution in [0, 0.1) is 0 Å². The Morgan fingerprint density at radius 2 is 1.32 bits per heavy atom. The number of anilines is 2. The van der Waals surface area contributed by atoms with Crippen LogP contribution < -0.4 is 10.6 Å². The Morgan fingerprint density at radius 3 is 1.90 bits per heavy atom. The van der Waals surface area contributed by atoms with Gasteiger partial charge in [0.05, 0.1) is 6.42 Å². The molecule has 0 saturated heterocycles. The fourth-order valence-corrected chi connectivity index (χ4v) is 2.99. The lowest BCUT2D eigenvalue weighted by molar-refractivity contribution is -0.152. The van der Waals surface area contributed by atoms with Gasteiger partial charge in [0.1, 0.15) is 0 Å². The summed E-state index contributed by atoms with van der Waals surface area (Å²) in [5, 5.41) is 5.34. The van der Waals surface area contributed by atoms with Gasteiger partial charge in [-0.2, -0.15) is 0 Å². The largest absolute Gasteiger partial charge is 0.452 e. The molecule has 1 atom stereocenters. The molecule has 0 fully saturated rings. The normalized spacial score (nSPS) is 11.3. The molecule has 0 unspecified atom stereocenters. The highest BCUT2D eigenvalue weighted by molar-refractivity contribution is 5.95. The second-order valence-corrected chi connectivity index (χ2v) is 7.12. The van der Waals surface area contributed by atoms with Crippen LogP contribution in [-0.4, -0.2) is 23.9 Å². The van der Waals surface area contributed by atoms with Crippen LogP contribution in [0.2, 0.25) is 0 Å². The minimum absolute atomic E-state index is 0.0815. The molecule has 6 nitrogen and oxygen atoms in total. The highest BCUT2D eigenvalue weighted by Crippen LogP contribution is 2.19. The second-order valence-electron chi connectivity index (χ2n) is 7.12. The SMILES string of the molecule is CC(=O)Nc1ccc(NC(=O)[C@@H](C)OC(=O)Cc2ccc(-c3ccccc3)cc2)cc1. The summed E-state index contributed by atoms with van der Waals surface area (Å²) in [5.74, 6) is -1.08. The lowest BCUT2D eigenvalue weighted by Crippen LogP contribution is -2.30. The summed E-state index contributed by atoms with van der Waals surface area (Å²) in [6.07, 6.45) is -0.857. The third-order valence-electron chi connectivity index (χ3n) is 4.56. The predicted octanol–water partition coefficient (Wildman–Crippen LogP) is 4.42. The van der Waals surface area contributed by atoms with E-state index < -0.39 is 18.0 Å². The number of amides is 2. The van der Waals surface area contributed by atoms with Gasteiger partial charge < -0.3 is 15.4 Å². The Morgan fingerprint density at radius 1 is 0.774 bits per heavy atom. The summed E-state index contributed by atoms with van der Waals surface area (Å²) in [6, 6.07) is 24.3. The second kappa shape index (κ2) is 10.2. The lowest BCUT2D eigenvalue weighted by atomic mass is 10.0. The van der Waals surface area contributed by atoms with E-state index in [-0.39, 0.29) is 12.3 Å². The topological polar surface area (TPSA) is 84.5 Å². The van der Waals surface area contributed by atoms with Crippen LogP contribution in [0.25, 0.3) is 11.1 Å². The first-order valence-corrected chi connectivity index (χ1v) is 9.93. The zero-order chi connectivity index (χ0) is 22.2. The molecule has 0 aromatic heterocycles. The van der Waals surface area contributed by atoms with E-state index in [1.54, 1.807) is 24.3 Å². The van der Waals surface area contributed by atoms with Crippen molar-refractivity contribution in [3.63, 3.8) is 0 Å². The molecule has 0 aliphatic rings. The van der Waals surface area contributed by atoms with E-state index >= 15 is 0 Å². The first-order valence-electron chi connectivity index (χ1n) is 9.93. The molecule has 0 spiro atoms. The number of benzene rings is 3. The molecule has 2 N–H and O–H groups in total. The maximum atomic E-state index is 12.3. The van der Waals surface area contributed by atoms with Crippen molar-refractivity contribution in [2.75, 3.05) is 10.6 Å². The summed E-state index contributed by atoms with van der Waals surface area (Å²) in [5.41, 5.74) is 4.15. The van der Waals surface area contributed by atoms with Crippen molar-refractivity contribution in [1.29, 1.82) is 0 Å². The number of carbonyl (C=O) groups excluding carboxylic acids is 3. The van der Waals surface area contributed by atoms with Crippen molar-refractivity contribution in [3.05, 3.63) is 84.4 Å². The first kappa shape index (κ1) is 21.8. The Kier molecular flexibility index (Phi) is 7.17. The van der Waals surface area contributed by atoms with Crippen LogP contribution in [0.3, 0.4) is 0 Å². The minimum Gasteiger partial charge on any atom is -0.452 e. The molecule has 31 heavy (non-hydrogen) atoms. The van der Waals surface area contributed by atoms with E-state index in [1.807, 2.05) is 54.6 Å². The van der Waals surface area contributed by atoms with Gasteiger partial charge in [-0.1, -0.05) is 54.6 Å². The number of ether oxygens (including phenoxy) is 1. The molecule has 158 valence electrons. The average molecular weight is 416 g/mol. The van der Waals surface area contributed by atoms with Gasteiger partial charge in [-0.25, -0.2) is 0 Å². The van der Waals surface area contributed by atoms with E-state index in [0.717, 1.165) is 16.7 Å². The number of hydrogen-bond donors (Lipinski definition) is 2. The van der Waals surface area contributed by atoms with E-state index in [9.17, 15) is 14.4 Å². The van der Waals surface area contributed by atoms with Crippen LogP contribution in [0.1, 0.15) is 19.4 Å². The van der Waals surface area contributed by atoms with Gasteiger partial charge >= 0.3 is 5.97 Å². The maximum absolute atomic E-state index is 12.3. The van der Waals surface area contributed by atoms with Crippen LogP contribution >= 0.6 is 0 Å². The quantitative estimate of drug-likeness (QED) is 0.558. The highest BCUT2D eigenvalue weighted by atomic mass is 16.5. The molecule has 2 amide bonds. The van der Waals surface area contributed by atoms with Gasteiger partial charge in [0, 0.05) is 18.3 Å². The van der Waals surface area contributed by atoms with Crippen LogP contribution in [-0.2, 0) is 25.5 Å². The zero-order valence-corrected chi connectivity index (χ0v) is 17.4. The van der Waals surface area contributed by atoms with E-state index in [2.05, 4.69) is 10.6 Å². The van der Waals surface area contributed by atoms with Gasteiger partial charge in [-0.3, -0.25) is 14.4 Å². The predicted molar refractivity (Wildman–Crippen MR) is 121 cm³/mol. The van der Waals surface area contributed by atoms with Gasteiger partial charge in [0.25, 0.3) is 5.91 Å². The summed E-state index contributed by atoms with van der Waals surface area (Å²) in [6.45, 7) is 2.95. The molecule has 0 saturated carbocycles. The average Bonchev–Trinajstić information content (AvgIpc) is 2.76. The summed E-state index contributed by atoms with van der Waals surface area (Å²) in [7, 11) is 0. The van der Waals surface area contributed by atoms with Gasteiger partial charge in [-0.15, -0.1) is 0 Å². The van der Waals surface area contributed by atoms with Crippen LogP contribution in [0.15, 0.2) is 78.9 Å². The molecule has 3 rings (SSSR count). The smallest absolute Gasteiger partial charge is 0.311 e. The molecule has 0 aliphatic heterocycles. The van der Waals surface area contributed by atoms with E-state index in [1.165, 1.54) is 13.8 Å². The Bertz CT molecular complexity index is 1050. The lowest BCUT2D eigenvalue weighted by Gasteiger charge is -2.14. The zero-order valence-electron chi connectivity index (χ0n) is 17.4. The van der Waals surface area contributed by atoms with E-state index in [0.29, 0.717) is 11.4 Å². The third kappa shape index (κ3) is 6.54. The van der Waals surface area contributed by atoms with Crippen molar-refractivity contribution >= 4 is 29.2 Å². The molecule has 3 aromatic rings. The number of rotatable bonds is 7. The highest BCUT2D eigenvalue weighted by Gasteiger charge is 2.18. The van der Waals surface area contributed by atoms with Crippen molar-refractivity contribution in [2.24, 2.45) is 0 Å². The fraction of sp³-hybridized carbons (Fsp3) is 0.160.